The molecule has 1 heterocycles. The lowest BCUT2D eigenvalue weighted by molar-refractivity contribution is -0.384. The van der Waals surface area contributed by atoms with Crippen molar-refractivity contribution in [3.05, 3.63) is 51.8 Å². The topological polar surface area (TPSA) is 85.5 Å². The second-order valence-corrected chi connectivity index (χ2v) is 3.96. The number of halogens is 1. The molecule has 0 saturated carbocycles. The molecule has 0 saturated heterocycles. The zero-order chi connectivity index (χ0) is 14.7. The summed E-state index contributed by atoms with van der Waals surface area (Å²) in [5, 5.41) is 10.8. The lowest BCUT2D eigenvalue weighted by atomic mass is 10.0. The van der Waals surface area contributed by atoms with Gasteiger partial charge in [0.05, 0.1) is 10.6 Å². The van der Waals surface area contributed by atoms with Gasteiger partial charge in [0.15, 0.2) is 0 Å². The maximum Gasteiger partial charge on any atom is 0.314 e. The number of aryl methyl sites for hydroxylation is 1. The Morgan fingerprint density at radius 2 is 2.10 bits per heavy atom. The van der Waals surface area contributed by atoms with E-state index in [1.165, 1.54) is 36.4 Å². The lowest BCUT2D eigenvalue weighted by Crippen LogP contribution is -1.93. The van der Waals surface area contributed by atoms with E-state index in [9.17, 15) is 19.3 Å². The second-order valence-electron chi connectivity index (χ2n) is 3.96. The molecule has 0 aliphatic rings. The van der Waals surface area contributed by atoms with Gasteiger partial charge in [-0.3, -0.25) is 10.1 Å². The van der Waals surface area contributed by atoms with E-state index in [0.29, 0.717) is 16.8 Å². The highest BCUT2D eigenvalue weighted by Crippen LogP contribution is 2.30. The van der Waals surface area contributed by atoms with Crippen LogP contribution in [0.2, 0.25) is 0 Å². The summed E-state index contributed by atoms with van der Waals surface area (Å²) >= 11 is 0. The Morgan fingerprint density at radius 1 is 1.35 bits per heavy atom. The van der Waals surface area contributed by atoms with Gasteiger partial charge in [0.1, 0.15) is 5.82 Å². The van der Waals surface area contributed by atoms with Gasteiger partial charge < -0.3 is 0 Å². The molecule has 1 aromatic heterocycles. The summed E-state index contributed by atoms with van der Waals surface area (Å²) in [4.78, 5) is 27.6. The molecular formula is C13H8FN3O3. The third-order valence-corrected chi connectivity index (χ3v) is 2.67. The molecule has 0 radical (unpaired) electrons. The van der Waals surface area contributed by atoms with Crippen LogP contribution in [0.15, 0.2) is 35.3 Å². The van der Waals surface area contributed by atoms with Crippen molar-refractivity contribution in [3.8, 4) is 11.3 Å². The molecule has 2 aromatic rings. The number of aromatic nitrogens is 1. The Kier molecular flexibility index (Phi) is 3.63. The predicted octanol–water partition coefficient (Wildman–Crippen LogP) is 3.07. The van der Waals surface area contributed by atoms with Gasteiger partial charge in [-0.2, -0.15) is 0 Å². The molecule has 0 spiro atoms. The maximum atomic E-state index is 13.1. The van der Waals surface area contributed by atoms with Crippen molar-refractivity contribution in [2.45, 2.75) is 6.92 Å². The molecule has 20 heavy (non-hydrogen) atoms. The first-order valence-electron chi connectivity index (χ1n) is 5.53. The first-order valence-corrected chi connectivity index (χ1v) is 5.53. The molecule has 0 amide bonds. The first-order chi connectivity index (χ1) is 9.52. The SMILES string of the molecule is Cc1cc(F)ccc1-c1ccc([N+](=O)[O-])c(N=C=O)n1. The number of nitrogens with zero attached hydrogens (tertiary/aromatic N) is 3. The van der Waals surface area contributed by atoms with Crippen molar-refractivity contribution in [1.82, 2.24) is 4.98 Å². The van der Waals surface area contributed by atoms with Crippen LogP contribution in [-0.4, -0.2) is 16.0 Å². The monoisotopic (exact) mass is 273 g/mol. The number of hydrogen-bond donors (Lipinski definition) is 0. The van der Waals surface area contributed by atoms with Crippen molar-refractivity contribution in [1.29, 1.82) is 0 Å². The van der Waals surface area contributed by atoms with Crippen LogP contribution in [0.25, 0.3) is 11.3 Å². The Hall–Kier alpha value is -2.92. The quantitative estimate of drug-likeness (QED) is 0.372. The first kappa shape index (κ1) is 13.5. The highest BCUT2D eigenvalue weighted by molar-refractivity contribution is 5.68. The van der Waals surface area contributed by atoms with E-state index >= 15 is 0 Å². The smallest absolute Gasteiger partial charge is 0.258 e. The molecule has 6 nitrogen and oxygen atoms in total. The van der Waals surface area contributed by atoms with E-state index < -0.39 is 10.6 Å². The number of carbonyl (C=O) groups excluding carboxylic acids is 1. The van der Waals surface area contributed by atoms with E-state index in [4.69, 9.17) is 0 Å². The van der Waals surface area contributed by atoms with Gasteiger partial charge in [0.2, 0.25) is 11.9 Å². The summed E-state index contributed by atoms with van der Waals surface area (Å²) in [7, 11) is 0. The largest absolute Gasteiger partial charge is 0.314 e. The standard InChI is InChI=1S/C13H8FN3O3/c1-8-6-9(14)2-3-10(8)11-4-5-12(17(19)20)13(16-11)15-7-18/h2-6H,1H3. The van der Waals surface area contributed by atoms with Crippen LogP contribution < -0.4 is 0 Å². The zero-order valence-corrected chi connectivity index (χ0v) is 10.3. The Morgan fingerprint density at radius 3 is 2.70 bits per heavy atom. The van der Waals surface area contributed by atoms with Crippen LogP contribution in [0, 0.1) is 22.9 Å². The third-order valence-electron chi connectivity index (χ3n) is 2.67. The van der Waals surface area contributed by atoms with E-state index in [1.54, 1.807) is 6.92 Å². The summed E-state index contributed by atoms with van der Waals surface area (Å²) in [6, 6.07) is 6.70. The molecule has 0 aliphatic heterocycles. The number of isocyanates is 1. The van der Waals surface area contributed by atoms with Gasteiger partial charge in [-0.25, -0.2) is 14.2 Å². The normalized spacial score (nSPS) is 9.90. The van der Waals surface area contributed by atoms with Crippen LogP contribution in [-0.2, 0) is 4.79 Å². The maximum absolute atomic E-state index is 13.1. The van der Waals surface area contributed by atoms with E-state index in [1.807, 2.05) is 0 Å². The zero-order valence-electron chi connectivity index (χ0n) is 10.3. The van der Waals surface area contributed by atoms with Gasteiger partial charge in [-0.05, 0) is 36.8 Å². The molecule has 7 heteroatoms. The van der Waals surface area contributed by atoms with Gasteiger partial charge in [-0.1, -0.05) is 0 Å². The average Bonchev–Trinajstić information content (AvgIpc) is 2.38. The van der Waals surface area contributed by atoms with Gasteiger partial charge in [0, 0.05) is 11.6 Å². The summed E-state index contributed by atoms with van der Waals surface area (Å²) < 4.78 is 13.1. The summed E-state index contributed by atoms with van der Waals surface area (Å²) in [5.41, 5.74) is 1.19. The van der Waals surface area contributed by atoms with E-state index in [-0.39, 0.29) is 11.6 Å². The fourth-order valence-corrected chi connectivity index (χ4v) is 1.77. The molecule has 0 N–H and O–H groups in total. The predicted molar refractivity (Wildman–Crippen MR) is 68.8 cm³/mol. The Labute approximate surface area is 112 Å². The van der Waals surface area contributed by atoms with Crippen molar-refractivity contribution < 1.29 is 14.1 Å². The molecule has 0 bridgehead atoms. The molecule has 1 aromatic carbocycles. The molecule has 2 rings (SSSR count). The minimum absolute atomic E-state index is 0.328. The third kappa shape index (κ3) is 2.57. The van der Waals surface area contributed by atoms with Gasteiger partial charge in [0.25, 0.3) is 0 Å². The van der Waals surface area contributed by atoms with Crippen molar-refractivity contribution in [2.75, 3.05) is 0 Å². The van der Waals surface area contributed by atoms with Gasteiger partial charge >= 0.3 is 5.69 Å². The Bertz CT molecular complexity index is 740. The molecule has 0 atom stereocenters. The summed E-state index contributed by atoms with van der Waals surface area (Å²) in [6.07, 6.45) is 1.23. The van der Waals surface area contributed by atoms with Crippen LogP contribution >= 0.6 is 0 Å². The number of aliphatic imine (C=N–C) groups is 1. The van der Waals surface area contributed by atoms with Gasteiger partial charge in [-0.15, -0.1) is 4.99 Å². The number of nitro groups is 1. The molecular weight excluding hydrogens is 265 g/mol. The minimum atomic E-state index is -0.690. The summed E-state index contributed by atoms with van der Waals surface area (Å²) in [6.45, 7) is 1.68. The fourth-order valence-electron chi connectivity index (χ4n) is 1.77. The number of benzene rings is 1. The van der Waals surface area contributed by atoms with Crippen molar-refractivity contribution in [3.63, 3.8) is 0 Å². The van der Waals surface area contributed by atoms with Crippen molar-refractivity contribution >= 4 is 17.6 Å². The molecule has 0 fully saturated rings. The molecule has 0 aliphatic carbocycles. The Balaban J connectivity index is 2.61. The minimum Gasteiger partial charge on any atom is -0.258 e. The second kappa shape index (κ2) is 5.38. The summed E-state index contributed by atoms with van der Waals surface area (Å²) in [5.74, 6) is -0.717. The fraction of sp³-hybridized carbons (Fsp3) is 0.0769. The molecule has 0 unspecified atom stereocenters. The van der Waals surface area contributed by atoms with Crippen LogP contribution in [0.3, 0.4) is 0 Å². The number of hydrogen-bond acceptors (Lipinski definition) is 5. The highest BCUT2D eigenvalue weighted by atomic mass is 19.1. The number of pyridine rings is 1. The number of rotatable bonds is 3. The highest BCUT2D eigenvalue weighted by Gasteiger charge is 2.17. The van der Waals surface area contributed by atoms with E-state index in [2.05, 4.69) is 9.98 Å². The average molecular weight is 273 g/mol. The van der Waals surface area contributed by atoms with E-state index in [0.717, 1.165) is 0 Å². The van der Waals surface area contributed by atoms with Crippen LogP contribution in [0.1, 0.15) is 5.56 Å². The molecule has 100 valence electrons. The van der Waals surface area contributed by atoms with Crippen LogP contribution in [0.4, 0.5) is 15.9 Å². The van der Waals surface area contributed by atoms with Crippen molar-refractivity contribution in [2.24, 2.45) is 4.99 Å². The van der Waals surface area contributed by atoms with Crippen LogP contribution in [0.5, 0.6) is 0 Å². The lowest BCUT2D eigenvalue weighted by Gasteiger charge is -2.05.